The van der Waals surface area contributed by atoms with Gasteiger partial charge in [0.05, 0.1) is 4.99 Å². The molecule has 0 saturated carbocycles. The predicted octanol–water partition coefficient (Wildman–Crippen LogP) is 3.80. The maximum Gasteiger partial charge on any atom is 0.0750 e. The van der Waals surface area contributed by atoms with Crippen LogP contribution in [-0.2, 0) is 6.54 Å². The molecule has 0 aliphatic carbocycles. The van der Waals surface area contributed by atoms with Gasteiger partial charge in [-0.3, -0.25) is 0 Å². The molecule has 0 unspecified atom stereocenters. The minimum absolute atomic E-state index is 0.910. The van der Waals surface area contributed by atoms with Crippen molar-refractivity contribution in [2.75, 3.05) is 6.54 Å². The van der Waals surface area contributed by atoms with Gasteiger partial charge in [0.25, 0.3) is 0 Å². The molecule has 0 aliphatic rings. The van der Waals surface area contributed by atoms with E-state index in [9.17, 15) is 0 Å². The Hall–Kier alpha value is -1.15. The second kappa shape index (κ2) is 7.18. The highest BCUT2D eigenvalue weighted by atomic mass is 32.1. The third-order valence-electron chi connectivity index (χ3n) is 2.50. The standard InChI is InChI=1S/C14H19NS/c1-3-4-8-11-15(13(2)16)12-14-9-6-5-7-10-14/h3,5-7,9-10H,1,4,8,11-12H2,2H3. The Bertz CT molecular complexity index is 332. The van der Waals surface area contributed by atoms with Gasteiger partial charge in [-0.2, -0.15) is 0 Å². The third kappa shape index (κ3) is 4.58. The molecule has 0 amide bonds. The number of thiocarbonyl (C=S) groups is 1. The quantitative estimate of drug-likeness (QED) is 0.418. The van der Waals surface area contributed by atoms with Gasteiger partial charge in [-0.15, -0.1) is 6.58 Å². The normalized spacial score (nSPS) is 9.81. The smallest absolute Gasteiger partial charge is 0.0750 e. The van der Waals surface area contributed by atoms with Gasteiger partial charge < -0.3 is 4.90 Å². The lowest BCUT2D eigenvalue weighted by molar-refractivity contribution is 0.410. The lowest BCUT2D eigenvalue weighted by atomic mass is 10.2. The summed E-state index contributed by atoms with van der Waals surface area (Å²) in [5.41, 5.74) is 1.31. The minimum Gasteiger partial charge on any atom is -0.362 e. The first kappa shape index (κ1) is 12.9. The molecular formula is C14H19NS. The summed E-state index contributed by atoms with van der Waals surface area (Å²) in [6.07, 6.45) is 4.12. The Morgan fingerprint density at radius 2 is 2.06 bits per heavy atom. The predicted molar refractivity (Wildman–Crippen MR) is 74.6 cm³/mol. The molecule has 1 aromatic carbocycles. The summed E-state index contributed by atoms with van der Waals surface area (Å²) in [5, 5.41) is 0. The maximum absolute atomic E-state index is 5.27. The van der Waals surface area contributed by atoms with E-state index in [1.165, 1.54) is 5.56 Å². The van der Waals surface area contributed by atoms with Crippen LogP contribution in [0.5, 0.6) is 0 Å². The molecule has 0 aliphatic heterocycles. The van der Waals surface area contributed by atoms with Crippen LogP contribution in [0.3, 0.4) is 0 Å². The third-order valence-corrected chi connectivity index (χ3v) is 2.76. The van der Waals surface area contributed by atoms with E-state index in [0.717, 1.165) is 30.9 Å². The zero-order valence-electron chi connectivity index (χ0n) is 9.86. The first-order valence-electron chi connectivity index (χ1n) is 5.64. The largest absolute Gasteiger partial charge is 0.362 e. The highest BCUT2D eigenvalue weighted by Crippen LogP contribution is 2.07. The highest BCUT2D eigenvalue weighted by Gasteiger charge is 2.05. The van der Waals surface area contributed by atoms with Crippen molar-refractivity contribution in [2.24, 2.45) is 0 Å². The van der Waals surface area contributed by atoms with Crippen LogP contribution in [0.4, 0.5) is 0 Å². The molecule has 0 atom stereocenters. The molecule has 0 spiro atoms. The minimum atomic E-state index is 0.910. The van der Waals surface area contributed by atoms with Gasteiger partial charge in [-0.05, 0) is 25.3 Å². The van der Waals surface area contributed by atoms with Gasteiger partial charge in [0.2, 0.25) is 0 Å². The van der Waals surface area contributed by atoms with Gasteiger partial charge in [-0.25, -0.2) is 0 Å². The van der Waals surface area contributed by atoms with Crippen molar-refractivity contribution in [3.63, 3.8) is 0 Å². The van der Waals surface area contributed by atoms with E-state index in [-0.39, 0.29) is 0 Å². The number of hydrogen-bond acceptors (Lipinski definition) is 1. The topological polar surface area (TPSA) is 3.24 Å². The molecule has 1 nitrogen and oxygen atoms in total. The van der Waals surface area contributed by atoms with Crippen molar-refractivity contribution >= 4 is 17.2 Å². The summed E-state index contributed by atoms with van der Waals surface area (Å²) in [6.45, 7) is 7.65. The monoisotopic (exact) mass is 233 g/mol. The van der Waals surface area contributed by atoms with E-state index in [4.69, 9.17) is 12.2 Å². The molecule has 0 heterocycles. The van der Waals surface area contributed by atoms with Crippen LogP contribution in [0.15, 0.2) is 43.0 Å². The Kier molecular flexibility index (Phi) is 5.79. The fourth-order valence-corrected chi connectivity index (χ4v) is 1.73. The van der Waals surface area contributed by atoms with E-state index >= 15 is 0 Å². The van der Waals surface area contributed by atoms with Crippen LogP contribution in [0.25, 0.3) is 0 Å². The molecule has 0 fully saturated rings. The van der Waals surface area contributed by atoms with Gasteiger partial charge >= 0.3 is 0 Å². The molecule has 0 radical (unpaired) electrons. The fourth-order valence-electron chi connectivity index (χ4n) is 1.58. The van der Waals surface area contributed by atoms with Crippen LogP contribution in [0, 0.1) is 0 Å². The number of allylic oxidation sites excluding steroid dienone is 1. The average Bonchev–Trinajstić information content (AvgIpc) is 2.29. The summed E-state index contributed by atoms with van der Waals surface area (Å²) in [7, 11) is 0. The second-order valence-corrected chi connectivity index (χ2v) is 4.45. The number of hydrogen-bond donors (Lipinski definition) is 0. The van der Waals surface area contributed by atoms with E-state index in [2.05, 4.69) is 35.7 Å². The van der Waals surface area contributed by atoms with Crippen molar-refractivity contribution in [3.8, 4) is 0 Å². The summed E-state index contributed by atoms with van der Waals surface area (Å²) < 4.78 is 0. The van der Waals surface area contributed by atoms with Crippen molar-refractivity contribution < 1.29 is 0 Å². The van der Waals surface area contributed by atoms with Crippen molar-refractivity contribution in [1.82, 2.24) is 4.90 Å². The van der Waals surface area contributed by atoms with Crippen molar-refractivity contribution in [1.29, 1.82) is 0 Å². The van der Waals surface area contributed by atoms with Gasteiger partial charge in [0.15, 0.2) is 0 Å². The number of unbranched alkanes of at least 4 members (excludes halogenated alkanes) is 1. The van der Waals surface area contributed by atoms with Crippen LogP contribution in [-0.4, -0.2) is 16.4 Å². The van der Waals surface area contributed by atoms with E-state index < -0.39 is 0 Å². The van der Waals surface area contributed by atoms with E-state index in [1.54, 1.807) is 0 Å². The zero-order valence-corrected chi connectivity index (χ0v) is 10.7. The lowest BCUT2D eigenvalue weighted by Crippen LogP contribution is -2.27. The summed E-state index contributed by atoms with van der Waals surface area (Å²) >= 11 is 5.27. The molecular weight excluding hydrogens is 214 g/mol. The number of benzene rings is 1. The van der Waals surface area contributed by atoms with Crippen LogP contribution in [0.1, 0.15) is 25.3 Å². The molecule has 16 heavy (non-hydrogen) atoms. The van der Waals surface area contributed by atoms with Crippen LogP contribution >= 0.6 is 12.2 Å². The molecule has 0 aromatic heterocycles. The SMILES string of the molecule is C=CCCCN(Cc1ccccc1)C(C)=S. The maximum atomic E-state index is 5.27. The second-order valence-electron chi connectivity index (χ2n) is 3.86. The summed E-state index contributed by atoms with van der Waals surface area (Å²) in [4.78, 5) is 3.21. The van der Waals surface area contributed by atoms with Crippen LogP contribution < -0.4 is 0 Å². The van der Waals surface area contributed by atoms with Crippen LogP contribution in [0.2, 0.25) is 0 Å². The molecule has 0 bridgehead atoms. The first-order valence-corrected chi connectivity index (χ1v) is 6.05. The highest BCUT2D eigenvalue weighted by molar-refractivity contribution is 7.80. The fraction of sp³-hybridized carbons (Fsp3) is 0.357. The molecule has 1 aromatic rings. The van der Waals surface area contributed by atoms with Crippen molar-refractivity contribution in [2.45, 2.75) is 26.3 Å². The lowest BCUT2D eigenvalue weighted by Gasteiger charge is -2.23. The first-order chi connectivity index (χ1) is 7.74. The Morgan fingerprint density at radius 1 is 1.38 bits per heavy atom. The molecule has 86 valence electrons. The average molecular weight is 233 g/mol. The number of rotatable bonds is 6. The Balaban J connectivity index is 2.51. The summed E-state index contributed by atoms with van der Waals surface area (Å²) in [6, 6.07) is 10.4. The van der Waals surface area contributed by atoms with E-state index in [1.807, 2.05) is 19.1 Å². The summed E-state index contributed by atoms with van der Waals surface area (Å²) in [5.74, 6) is 0. The Morgan fingerprint density at radius 3 is 2.62 bits per heavy atom. The molecule has 0 N–H and O–H groups in total. The van der Waals surface area contributed by atoms with Gasteiger partial charge in [-0.1, -0.05) is 48.6 Å². The molecule has 2 heteroatoms. The van der Waals surface area contributed by atoms with Gasteiger partial charge in [0, 0.05) is 13.1 Å². The molecule has 0 saturated heterocycles. The van der Waals surface area contributed by atoms with E-state index in [0.29, 0.717) is 0 Å². The zero-order chi connectivity index (χ0) is 11.8. The van der Waals surface area contributed by atoms with Gasteiger partial charge in [0.1, 0.15) is 0 Å². The number of nitrogens with zero attached hydrogens (tertiary/aromatic N) is 1. The van der Waals surface area contributed by atoms with Crippen molar-refractivity contribution in [3.05, 3.63) is 48.6 Å². The molecule has 1 rings (SSSR count). The Labute approximate surface area is 104 Å².